The van der Waals surface area contributed by atoms with Gasteiger partial charge in [0.25, 0.3) is 0 Å². The summed E-state index contributed by atoms with van der Waals surface area (Å²) < 4.78 is 1.88. The van der Waals surface area contributed by atoms with E-state index in [9.17, 15) is 0 Å². The van der Waals surface area contributed by atoms with Gasteiger partial charge < -0.3 is 4.98 Å². The first-order chi connectivity index (χ1) is 18.8. The van der Waals surface area contributed by atoms with Crippen LogP contribution in [0.4, 0.5) is 0 Å². The van der Waals surface area contributed by atoms with Crippen LogP contribution in [0.2, 0.25) is 0 Å². The fourth-order valence-corrected chi connectivity index (χ4v) is 6.25. The summed E-state index contributed by atoms with van der Waals surface area (Å²) >= 11 is 0. The number of rotatable bonds is 6. The number of fused-ring (bicyclic) bond motifs is 2. The Kier molecular flexibility index (Phi) is 6.67. The minimum atomic E-state index is 0.330. The summed E-state index contributed by atoms with van der Waals surface area (Å²) in [5.74, 6) is 0.823. The lowest BCUT2D eigenvalue weighted by atomic mass is 9.83. The van der Waals surface area contributed by atoms with Gasteiger partial charge in [0.2, 0.25) is 0 Å². The molecule has 0 spiro atoms. The van der Waals surface area contributed by atoms with Gasteiger partial charge in [-0.2, -0.15) is 5.10 Å². The van der Waals surface area contributed by atoms with Crippen LogP contribution in [0.5, 0.6) is 0 Å². The number of aromatic amines is 1. The third-order valence-electron chi connectivity index (χ3n) is 8.66. The molecule has 5 aromatic rings. The molecule has 1 N–H and O–H groups in total. The van der Waals surface area contributed by atoms with E-state index in [1.54, 1.807) is 6.33 Å². The lowest BCUT2D eigenvalue weighted by Crippen LogP contribution is -2.34. The van der Waals surface area contributed by atoms with E-state index in [0.29, 0.717) is 17.9 Å². The molecule has 1 saturated carbocycles. The molecule has 0 aliphatic heterocycles. The lowest BCUT2D eigenvalue weighted by molar-refractivity contribution is 0.173. The van der Waals surface area contributed by atoms with Gasteiger partial charge in [0.1, 0.15) is 6.33 Å². The van der Waals surface area contributed by atoms with E-state index in [4.69, 9.17) is 4.98 Å². The van der Waals surface area contributed by atoms with Crippen LogP contribution in [0.1, 0.15) is 85.1 Å². The monoisotopic (exact) mass is 522 g/mol. The quantitative estimate of drug-likeness (QED) is 0.283. The van der Waals surface area contributed by atoms with Crippen LogP contribution in [-0.2, 0) is 6.54 Å². The minimum Gasteiger partial charge on any atom is -0.353 e. The summed E-state index contributed by atoms with van der Waals surface area (Å²) in [6, 6.07) is 5.04. The number of pyridine rings is 2. The SMILES string of the molecule is Cc1cnc(CN(C)C2CCC(c3ccc4[nH]c(-c5cn6ncnc6c(C)c5C)c(C(C)C)c4n3)CC2)cn1. The molecule has 0 aromatic carbocycles. The standard InChI is InChI=1S/C31H38N8/c1-18(2)28-29(25-16-39-31(34-17-35-39)21(5)20(25)4)37-27-12-11-26(36-30(27)28)22-7-9-24(10-8-22)38(6)15-23-14-32-19(3)13-33-23/h11-14,16-18,22,24,37H,7-10,15H2,1-6H3. The molecule has 0 unspecified atom stereocenters. The largest absolute Gasteiger partial charge is 0.353 e. The van der Waals surface area contributed by atoms with Crippen LogP contribution in [0.15, 0.2) is 37.1 Å². The molecule has 0 bridgehead atoms. The Hall–Kier alpha value is -3.65. The average Bonchev–Trinajstić information content (AvgIpc) is 3.56. The van der Waals surface area contributed by atoms with Crippen molar-refractivity contribution < 1.29 is 0 Å². The van der Waals surface area contributed by atoms with Gasteiger partial charge in [0.15, 0.2) is 5.65 Å². The summed E-state index contributed by atoms with van der Waals surface area (Å²) in [7, 11) is 2.22. The molecule has 8 nitrogen and oxygen atoms in total. The average molecular weight is 523 g/mol. The summed E-state index contributed by atoms with van der Waals surface area (Å²) in [5.41, 5.74) is 12.3. The molecule has 0 radical (unpaired) electrons. The number of aromatic nitrogens is 7. The van der Waals surface area contributed by atoms with Crippen molar-refractivity contribution in [2.75, 3.05) is 7.05 Å². The zero-order chi connectivity index (χ0) is 27.3. The molecule has 1 aliphatic rings. The third kappa shape index (κ3) is 4.71. The van der Waals surface area contributed by atoms with E-state index < -0.39 is 0 Å². The number of nitrogens with one attached hydrogen (secondary N) is 1. The summed E-state index contributed by atoms with van der Waals surface area (Å²) in [4.78, 5) is 24.9. The first-order valence-electron chi connectivity index (χ1n) is 14.1. The highest BCUT2D eigenvalue weighted by molar-refractivity contribution is 5.89. The van der Waals surface area contributed by atoms with Crippen LogP contribution < -0.4 is 0 Å². The number of hydrogen-bond acceptors (Lipinski definition) is 6. The highest BCUT2D eigenvalue weighted by atomic mass is 15.3. The van der Waals surface area contributed by atoms with Crippen LogP contribution in [0.25, 0.3) is 27.9 Å². The fourth-order valence-electron chi connectivity index (χ4n) is 6.25. The molecule has 5 heterocycles. The van der Waals surface area contributed by atoms with Crippen molar-refractivity contribution in [3.63, 3.8) is 0 Å². The molecule has 8 heteroatoms. The first kappa shape index (κ1) is 25.6. The highest BCUT2D eigenvalue weighted by Gasteiger charge is 2.27. The topological polar surface area (TPSA) is 87.9 Å². The molecule has 1 aliphatic carbocycles. The molecular weight excluding hydrogens is 484 g/mol. The normalized spacial score (nSPS) is 18.2. The van der Waals surface area contributed by atoms with Gasteiger partial charge in [-0.3, -0.25) is 19.9 Å². The molecule has 0 atom stereocenters. The molecule has 6 rings (SSSR count). The summed E-state index contributed by atoms with van der Waals surface area (Å²) in [5, 5.41) is 4.42. The van der Waals surface area contributed by atoms with Crippen molar-refractivity contribution in [2.45, 2.75) is 84.7 Å². The summed E-state index contributed by atoms with van der Waals surface area (Å²) in [6.45, 7) is 11.6. The van der Waals surface area contributed by atoms with Crippen molar-refractivity contribution >= 4 is 16.7 Å². The Labute approximate surface area is 229 Å². The maximum Gasteiger partial charge on any atom is 0.158 e. The first-order valence-corrected chi connectivity index (χ1v) is 14.1. The second kappa shape index (κ2) is 10.2. The van der Waals surface area contributed by atoms with Crippen molar-refractivity contribution in [2.24, 2.45) is 0 Å². The predicted molar refractivity (Wildman–Crippen MR) is 155 cm³/mol. The van der Waals surface area contributed by atoms with Gasteiger partial charge in [-0.25, -0.2) is 9.50 Å². The van der Waals surface area contributed by atoms with E-state index >= 15 is 0 Å². The van der Waals surface area contributed by atoms with Crippen LogP contribution >= 0.6 is 0 Å². The van der Waals surface area contributed by atoms with Gasteiger partial charge in [-0.05, 0) is 82.7 Å². The maximum absolute atomic E-state index is 5.32. The summed E-state index contributed by atoms with van der Waals surface area (Å²) in [6.07, 6.45) is 12.1. The Morgan fingerprint density at radius 1 is 1.00 bits per heavy atom. The molecule has 1 fully saturated rings. The smallest absolute Gasteiger partial charge is 0.158 e. The maximum atomic E-state index is 5.32. The van der Waals surface area contributed by atoms with E-state index in [2.05, 4.69) is 83.0 Å². The predicted octanol–water partition coefficient (Wildman–Crippen LogP) is 6.27. The highest BCUT2D eigenvalue weighted by Crippen LogP contribution is 2.39. The molecule has 39 heavy (non-hydrogen) atoms. The Morgan fingerprint density at radius 2 is 1.79 bits per heavy atom. The van der Waals surface area contributed by atoms with Gasteiger partial charge in [-0.15, -0.1) is 0 Å². The zero-order valence-electron chi connectivity index (χ0n) is 23.9. The van der Waals surface area contributed by atoms with Crippen molar-refractivity contribution in [1.82, 2.24) is 39.4 Å². The number of nitrogens with zero attached hydrogens (tertiary/aromatic N) is 7. The lowest BCUT2D eigenvalue weighted by Gasteiger charge is -2.34. The molecular formula is C31H38N8. The van der Waals surface area contributed by atoms with Gasteiger partial charge in [0, 0.05) is 53.9 Å². The van der Waals surface area contributed by atoms with Gasteiger partial charge in [-0.1, -0.05) is 13.8 Å². The third-order valence-corrected chi connectivity index (χ3v) is 8.66. The molecule has 0 saturated heterocycles. The van der Waals surface area contributed by atoms with E-state index in [1.165, 1.54) is 29.7 Å². The zero-order valence-corrected chi connectivity index (χ0v) is 23.9. The van der Waals surface area contributed by atoms with Gasteiger partial charge >= 0.3 is 0 Å². The van der Waals surface area contributed by atoms with E-state index in [-0.39, 0.29) is 0 Å². The number of hydrogen-bond donors (Lipinski definition) is 1. The van der Waals surface area contributed by atoms with Crippen molar-refractivity contribution in [1.29, 1.82) is 0 Å². The second-order valence-corrected chi connectivity index (χ2v) is 11.6. The van der Waals surface area contributed by atoms with E-state index in [1.807, 2.05) is 23.8 Å². The Balaban J connectivity index is 1.26. The minimum absolute atomic E-state index is 0.330. The Bertz CT molecular complexity index is 1620. The second-order valence-electron chi connectivity index (χ2n) is 11.6. The van der Waals surface area contributed by atoms with Crippen LogP contribution in [0, 0.1) is 20.8 Å². The van der Waals surface area contributed by atoms with E-state index in [0.717, 1.165) is 64.3 Å². The van der Waals surface area contributed by atoms with Gasteiger partial charge in [0.05, 0.1) is 28.1 Å². The van der Waals surface area contributed by atoms with Crippen LogP contribution in [-0.4, -0.2) is 52.5 Å². The van der Waals surface area contributed by atoms with Crippen molar-refractivity contribution in [3.05, 3.63) is 70.8 Å². The van der Waals surface area contributed by atoms with Crippen molar-refractivity contribution in [3.8, 4) is 11.3 Å². The molecule has 202 valence electrons. The number of aryl methyl sites for hydroxylation is 2. The fraction of sp³-hybridized carbons (Fsp3) is 0.452. The molecule has 5 aromatic heterocycles. The van der Waals surface area contributed by atoms with Crippen LogP contribution in [0.3, 0.4) is 0 Å². The Morgan fingerprint density at radius 3 is 2.51 bits per heavy atom. The molecule has 0 amide bonds. The number of H-pyrrole nitrogens is 1.